The van der Waals surface area contributed by atoms with Gasteiger partial charge in [-0.1, -0.05) is 15.9 Å². The van der Waals surface area contributed by atoms with E-state index in [0.29, 0.717) is 6.61 Å². The first-order valence-corrected chi connectivity index (χ1v) is 7.32. The number of rotatable bonds is 4. The summed E-state index contributed by atoms with van der Waals surface area (Å²) < 4.78 is 7.98. The predicted octanol–water partition coefficient (Wildman–Crippen LogP) is 3.94. The van der Waals surface area contributed by atoms with Gasteiger partial charge in [-0.2, -0.15) is 0 Å². The van der Waals surface area contributed by atoms with Gasteiger partial charge in [0.15, 0.2) is 0 Å². The molecule has 0 saturated heterocycles. The highest BCUT2D eigenvalue weighted by Crippen LogP contribution is 2.36. The number of nitrogens with one attached hydrogen (secondary N) is 1. The second kappa shape index (κ2) is 5.63. The second-order valence-electron chi connectivity index (χ2n) is 4.54. The summed E-state index contributed by atoms with van der Waals surface area (Å²) in [6, 6.07) is 4.11. The molecule has 1 heterocycles. The van der Waals surface area contributed by atoms with E-state index in [1.165, 1.54) is 0 Å². The Morgan fingerprint density at radius 1 is 1.28 bits per heavy atom. The zero-order valence-electron chi connectivity index (χ0n) is 10.7. The van der Waals surface area contributed by atoms with Crippen molar-refractivity contribution in [1.82, 2.24) is 9.88 Å². The summed E-state index contributed by atoms with van der Waals surface area (Å²) in [5.41, 5.74) is 2.14. The van der Waals surface area contributed by atoms with Crippen molar-refractivity contribution in [2.24, 2.45) is 0 Å². The van der Waals surface area contributed by atoms with Gasteiger partial charge >= 0.3 is 0 Å². The minimum absolute atomic E-state index is 0.685. The van der Waals surface area contributed by atoms with Crippen LogP contribution in [-0.2, 0) is 0 Å². The van der Waals surface area contributed by atoms with Gasteiger partial charge in [0.1, 0.15) is 12.4 Å². The number of likely N-dealkylation sites (N-methyl/N-ethyl adjacent to an activating group) is 1. The minimum Gasteiger partial charge on any atom is -0.490 e. The maximum absolute atomic E-state index is 5.90. The Labute approximate surface area is 124 Å². The maximum Gasteiger partial charge on any atom is 0.147 e. The van der Waals surface area contributed by atoms with Crippen LogP contribution in [0.15, 0.2) is 21.1 Å². The van der Waals surface area contributed by atoms with Gasteiger partial charge in [-0.3, -0.25) is 0 Å². The Balaban J connectivity index is 2.34. The van der Waals surface area contributed by atoms with E-state index in [0.717, 1.165) is 37.8 Å². The molecule has 5 heteroatoms. The van der Waals surface area contributed by atoms with Gasteiger partial charge < -0.3 is 14.6 Å². The molecule has 0 amide bonds. The molecule has 1 aromatic heterocycles. The van der Waals surface area contributed by atoms with E-state index in [9.17, 15) is 0 Å². The third-order valence-electron chi connectivity index (χ3n) is 2.74. The van der Waals surface area contributed by atoms with Crippen molar-refractivity contribution < 1.29 is 4.74 Å². The maximum atomic E-state index is 5.90. The van der Waals surface area contributed by atoms with Crippen LogP contribution in [-0.4, -0.2) is 37.1 Å². The third-order valence-corrected chi connectivity index (χ3v) is 3.82. The molecule has 3 nitrogen and oxygen atoms in total. The first-order chi connectivity index (χ1) is 8.49. The highest BCUT2D eigenvalue weighted by Gasteiger charge is 2.12. The summed E-state index contributed by atoms with van der Waals surface area (Å²) in [6.45, 7) is 3.62. The number of hydrogen-bond donors (Lipinski definition) is 1. The molecule has 0 spiro atoms. The molecule has 2 rings (SSSR count). The molecule has 0 unspecified atom stereocenters. The number of aromatic amines is 1. The van der Waals surface area contributed by atoms with E-state index in [-0.39, 0.29) is 0 Å². The first-order valence-electron chi connectivity index (χ1n) is 5.74. The van der Waals surface area contributed by atoms with Gasteiger partial charge in [-0.15, -0.1) is 0 Å². The van der Waals surface area contributed by atoms with Crippen molar-refractivity contribution in [3.63, 3.8) is 0 Å². The number of aromatic nitrogens is 1. The van der Waals surface area contributed by atoms with Crippen molar-refractivity contribution in [2.45, 2.75) is 6.92 Å². The van der Waals surface area contributed by atoms with Crippen LogP contribution in [0.4, 0.5) is 0 Å². The van der Waals surface area contributed by atoms with E-state index >= 15 is 0 Å². The largest absolute Gasteiger partial charge is 0.490 e. The summed E-state index contributed by atoms with van der Waals surface area (Å²) in [7, 11) is 4.08. The van der Waals surface area contributed by atoms with Crippen molar-refractivity contribution in [3.05, 3.63) is 26.8 Å². The Kier molecular flexibility index (Phi) is 4.35. The second-order valence-corrected chi connectivity index (χ2v) is 6.31. The summed E-state index contributed by atoms with van der Waals surface area (Å²) in [6.07, 6.45) is 0. The molecule has 0 aliphatic rings. The van der Waals surface area contributed by atoms with Crippen LogP contribution in [0.25, 0.3) is 10.9 Å². The molecule has 0 aliphatic heterocycles. The zero-order valence-corrected chi connectivity index (χ0v) is 13.9. The fraction of sp³-hybridized carbons (Fsp3) is 0.385. The fourth-order valence-electron chi connectivity index (χ4n) is 1.84. The number of benzene rings is 1. The van der Waals surface area contributed by atoms with E-state index in [1.807, 2.05) is 27.1 Å². The predicted molar refractivity (Wildman–Crippen MR) is 82.5 cm³/mol. The van der Waals surface area contributed by atoms with Gasteiger partial charge in [0.05, 0.1) is 11.2 Å². The number of ether oxygens (including phenoxy) is 1. The number of nitrogens with zero attached hydrogens (tertiary/aromatic N) is 1. The van der Waals surface area contributed by atoms with Gasteiger partial charge in [-0.25, -0.2) is 0 Å². The molecule has 0 atom stereocenters. The first kappa shape index (κ1) is 13.9. The Bertz CT molecular complexity index is 564. The molecule has 18 heavy (non-hydrogen) atoms. The molecule has 0 fully saturated rings. The Morgan fingerprint density at radius 3 is 2.67 bits per heavy atom. The van der Waals surface area contributed by atoms with E-state index in [2.05, 4.69) is 47.8 Å². The van der Waals surface area contributed by atoms with Crippen LogP contribution in [0, 0.1) is 6.92 Å². The summed E-state index contributed by atoms with van der Waals surface area (Å²) in [5, 5.41) is 1.10. The van der Waals surface area contributed by atoms with Gasteiger partial charge in [0.2, 0.25) is 0 Å². The van der Waals surface area contributed by atoms with Gasteiger partial charge in [0, 0.05) is 20.9 Å². The quantitative estimate of drug-likeness (QED) is 0.876. The molecule has 1 aromatic carbocycles. The number of fused-ring (bicyclic) bond motifs is 1. The van der Waals surface area contributed by atoms with Crippen molar-refractivity contribution in [1.29, 1.82) is 0 Å². The lowest BCUT2D eigenvalue weighted by Crippen LogP contribution is -2.19. The number of halogens is 2. The van der Waals surface area contributed by atoms with Gasteiger partial charge in [0.25, 0.3) is 0 Å². The lowest BCUT2D eigenvalue weighted by Gasteiger charge is -2.11. The average molecular weight is 376 g/mol. The molecular weight excluding hydrogens is 360 g/mol. The minimum atomic E-state index is 0.685. The van der Waals surface area contributed by atoms with Crippen molar-refractivity contribution >= 4 is 42.8 Å². The van der Waals surface area contributed by atoms with Crippen LogP contribution >= 0.6 is 31.9 Å². The lowest BCUT2D eigenvalue weighted by atomic mass is 10.2. The topological polar surface area (TPSA) is 28.3 Å². The van der Waals surface area contributed by atoms with Crippen molar-refractivity contribution in [2.75, 3.05) is 27.2 Å². The molecule has 98 valence electrons. The molecule has 2 aromatic rings. The van der Waals surface area contributed by atoms with E-state index in [4.69, 9.17) is 4.74 Å². The summed E-state index contributed by atoms with van der Waals surface area (Å²) in [4.78, 5) is 5.46. The van der Waals surface area contributed by atoms with E-state index < -0.39 is 0 Å². The zero-order chi connectivity index (χ0) is 13.3. The van der Waals surface area contributed by atoms with Crippen LogP contribution in [0.3, 0.4) is 0 Å². The number of H-pyrrole nitrogens is 1. The number of aryl methyl sites for hydroxylation is 1. The molecule has 0 saturated carbocycles. The molecule has 0 radical (unpaired) electrons. The van der Waals surface area contributed by atoms with Crippen LogP contribution in [0.2, 0.25) is 0 Å². The van der Waals surface area contributed by atoms with Crippen molar-refractivity contribution in [3.8, 4) is 5.75 Å². The summed E-state index contributed by atoms with van der Waals surface area (Å²) >= 11 is 7.07. The lowest BCUT2D eigenvalue weighted by molar-refractivity contribution is 0.262. The Hall–Kier alpha value is -0.520. The monoisotopic (exact) mass is 374 g/mol. The molecule has 1 N–H and O–H groups in total. The summed E-state index contributed by atoms with van der Waals surface area (Å²) in [5.74, 6) is 0.939. The van der Waals surface area contributed by atoms with Crippen LogP contribution < -0.4 is 4.74 Å². The SMILES string of the molecule is Cc1[nH]c2c(Br)cc(Br)cc2c1OCCN(C)C. The van der Waals surface area contributed by atoms with Gasteiger partial charge in [-0.05, 0) is 49.1 Å². The molecular formula is C13H16Br2N2O. The highest BCUT2D eigenvalue weighted by atomic mass is 79.9. The standard InChI is InChI=1S/C13H16Br2N2O/c1-8-13(18-5-4-17(2)3)10-6-9(14)7-11(15)12(10)16-8/h6-7,16H,4-5H2,1-3H3. The average Bonchev–Trinajstić information content (AvgIpc) is 2.56. The molecule has 0 bridgehead atoms. The molecule has 0 aliphatic carbocycles. The van der Waals surface area contributed by atoms with E-state index in [1.54, 1.807) is 0 Å². The highest BCUT2D eigenvalue weighted by molar-refractivity contribution is 9.11. The van der Waals surface area contributed by atoms with Crippen LogP contribution in [0.5, 0.6) is 5.75 Å². The Morgan fingerprint density at radius 2 is 2.00 bits per heavy atom. The fourth-order valence-corrected chi connectivity index (χ4v) is 3.17. The number of hydrogen-bond acceptors (Lipinski definition) is 2. The normalized spacial score (nSPS) is 11.4. The van der Waals surface area contributed by atoms with Crippen LogP contribution in [0.1, 0.15) is 5.69 Å². The third kappa shape index (κ3) is 2.90. The smallest absolute Gasteiger partial charge is 0.147 e.